The summed E-state index contributed by atoms with van der Waals surface area (Å²) in [4.78, 5) is 25.0. The zero-order valence-corrected chi connectivity index (χ0v) is 18.5. The maximum Gasteiger partial charge on any atom is 0.586 e. The van der Waals surface area contributed by atoms with E-state index in [1.807, 2.05) is 19.1 Å². The molecule has 5 rings (SSSR count). The highest BCUT2D eigenvalue weighted by molar-refractivity contribution is 6.02. The van der Waals surface area contributed by atoms with Crippen molar-refractivity contribution in [1.82, 2.24) is 5.32 Å². The molecule has 0 bridgehead atoms. The molecule has 0 unspecified atom stereocenters. The normalized spacial score (nSPS) is 16.2. The number of carbonyl (C=O) groups excluding carboxylic acids is 2. The number of halogens is 2. The molecule has 0 atom stereocenters. The van der Waals surface area contributed by atoms with Crippen molar-refractivity contribution >= 4 is 17.5 Å². The van der Waals surface area contributed by atoms with E-state index in [1.165, 1.54) is 12.1 Å². The van der Waals surface area contributed by atoms with Crippen LogP contribution in [-0.4, -0.2) is 18.1 Å². The van der Waals surface area contributed by atoms with E-state index in [4.69, 9.17) is 5.26 Å². The van der Waals surface area contributed by atoms with Crippen LogP contribution < -0.4 is 20.1 Å². The van der Waals surface area contributed by atoms with E-state index < -0.39 is 17.6 Å². The van der Waals surface area contributed by atoms with Gasteiger partial charge in [0.1, 0.15) is 0 Å². The maximum atomic E-state index is 13.4. The van der Waals surface area contributed by atoms with Gasteiger partial charge in [-0.3, -0.25) is 14.9 Å². The maximum absolute atomic E-state index is 13.4. The number of rotatable bonds is 5. The second-order valence-electron chi connectivity index (χ2n) is 8.54. The van der Waals surface area contributed by atoms with E-state index in [2.05, 4.69) is 20.1 Å². The molecule has 9 heteroatoms. The summed E-state index contributed by atoms with van der Waals surface area (Å²) >= 11 is 0. The minimum Gasteiger partial charge on any atom is -0.395 e. The number of benzene rings is 3. The number of nitrogens with zero attached hydrogens (tertiary/aromatic N) is 1. The molecule has 2 N–H and O–H groups in total. The van der Waals surface area contributed by atoms with Gasteiger partial charge in [0.25, 0.3) is 5.91 Å². The zero-order chi connectivity index (χ0) is 24.8. The third-order valence-electron chi connectivity index (χ3n) is 6.26. The molecular weight excluding hydrogens is 456 g/mol. The van der Waals surface area contributed by atoms with Crippen LogP contribution >= 0.6 is 0 Å². The second-order valence-corrected chi connectivity index (χ2v) is 8.54. The van der Waals surface area contributed by atoms with Crippen LogP contribution in [0.2, 0.25) is 0 Å². The molecule has 176 valence electrons. The Labute approximate surface area is 199 Å². The van der Waals surface area contributed by atoms with Crippen molar-refractivity contribution in [3.05, 3.63) is 77.4 Å². The van der Waals surface area contributed by atoms with E-state index in [0.29, 0.717) is 29.7 Å². The molecule has 0 radical (unpaired) electrons. The first-order valence-electron chi connectivity index (χ1n) is 10.8. The van der Waals surface area contributed by atoms with Gasteiger partial charge in [-0.25, -0.2) is 0 Å². The topological polar surface area (TPSA) is 100 Å². The summed E-state index contributed by atoms with van der Waals surface area (Å²) in [6.07, 6.45) is -0.941. The van der Waals surface area contributed by atoms with E-state index >= 15 is 0 Å². The summed E-state index contributed by atoms with van der Waals surface area (Å²) in [6, 6.07) is 16.7. The summed E-state index contributed by atoms with van der Waals surface area (Å²) in [7, 11) is 0. The largest absolute Gasteiger partial charge is 0.586 e. The lowest BCUT2D eigenvalue weighted by molar-refractivity contribution is -0.286. The third kappa shape index (κ3) is 4.15. The van der Waals surface area contributed by atoms with Crippen molar-refractivity contribution in [1.29, 1.82) is 5.26 Å². The molecule has 1 aliphatic carbocycles. The SMILES string of the molecule is Cc1ccc(NC(=O)C2(c3ccc4c(c3)OC(F)(F)O4)CC2)cc1-c1ccc(C(=O)NC#N)cc1. The van der Waals surface area contributed by atoms with Gasteiger partial charge in [0.15, 0.2) is 17.7 Å². The highest BCUT2D eigenvalue weighted by Gasteiger charge is 2.52. The Morgan fingerprint density at radius 1 is 0.971 bits per heavy atom. The van der Waals surface area contributed by atoms with Crippen molar-refractivity contribution in [3.63, 3.8) is 0 Å². The van der Waals surface area contributed by atoms with Crippen LogP contribution in [-0.2, 0) is 10.2 Å². The van der Waals surface area contributed by atoms with Gasteiger partial charge in [-0.2, -0.15) is 5.26 Å². The smallest absolute Gasteiger partial charge is 0.395 e. The van der Waals surface area contributed by atoms with E-state index in [1.54, 1.807) is 42.6 Å². The number of alkyl halides is 2. The van der Waals surface area contributed by atoms with Crippen LogP contribution in [0.15, 0.2) is 60.7 Å². The first-order chi connectivity index (χ1) is 16.7. The second kappa shape index (κ2) is 8.09. The number of ether oxygens (including phenoxy) is 2. The zero-order valence-electron chi connectivity index (χ0n) is 18.5. The number of carbonyl (C=O) groups is 2. The molecular formula is C26H19F2N3O4. The number of hydrogen-bond donors (Lipinski definition) is 2. The fourth-order valence-corrected chi connectivity index (χ4v) is 4.20. The third-order valence-corrected chi connectivity index (χ3v) is 6.26. The minimum atomic E-state index is -3.71. The first-order valence-corrected chi connectivity index (χ1v) is 10.8. The Kier molecular flexibility index (Phi) is 5.17. The molecule has 1 saturated carbocycles. The summed E-state index contributed by atoms with van der Waals surface area (Å²) in [5.41, 5.74) is 3.38. The number of hydrogen-bond acceptors (Lipinski definition) is 5. The molecule has 1 heterocycles. The first kappa shape index (κ1) is 22.3. The molecule has 3 aromatic carbocycles. The summed E-state index contributed by atoms with van der Waals surface area (Å²) < 4.78 is 35.7. The van der Waals surface area contributed by atoms with Gasteiger partial charge < -0.3 is 14.8 Å². The Balaban J connectivity index is 1.36. The van der Waals surface area contributed by atoms with Crippen molar-refractivity contribution in [2.24, 2.45) is 0 Å². The Hall–Kier alpha value is -4.45. The van der Waals surface area contributed by atoms with Gasteiger partial charge in [0.2, 0.25) is 5.91 Å². The number of fused-ring (bicyclic) bond motifs is 1. The molecule has 35 heavy (non-hydrogen) atoms. The molecule has 7 nitrogen and oxygen atoms in total. The molecule has 2 aliphatic rings. The monoisotopic (exact) mass is 475 g/mol. The van der Waals surface area contributed by atoms with Crippen LogP contribution in [0.25, 0.3) is 11.1 Å². The molecule has 2 amide bonds. The molecule has 1 fully saturated rings. The van der Waals surface area contributed by atoms with Gasteiger partial charge in [-0.1, -0.05) is 24.3 Å². The number of aryl methyl sites for hydroxylation is 1. The highest BCUT2D eigenvalue weighted by Crippen LogP contribution is 2.52. The van der Waals surface area contributed by atoms with Crippen LogP contribution in [0.1, 0.15) is 34.3 Å². The molecule has 1 aliphatic heterocycles. The predicted molar refractivity (Wildman–Crippen MR) is 122 cm³/mol. The van der Waals surface area contributed by atoms with Crippen LogP contribution in [0, 0.1) is 18.4 Å². The van der Waals surface area contributed by atoms with Crippen molar-refractivity contribution < 1.29 is 27.8 Å². The highest BCUT2D eigenvalue weighted by atomic mass is 19.3. The Bertz CT molecular complexity index is 1390. The van der Waals surface area contributed by atoms with E-state index in [0.717, 1.165) is 16.7 Å². The van der Waals surface area contributed by atoms with Crippen LogP contribution in [0.4, 0.5) is 14.5 Å². The number of nitriles is 1. The fourth-order valence-electron chi connectivity index (χ4n) is 4.20. The lowest BCUT2D eigenvalue weighted by atomic mass is 9.94. The van der Waals surface area contributed by atoms with Crippen molar-refractivity contribution in [3.8, 4) is 28.8 Å². The molecule has 3 aromatic rings. The van der Waals surface area contributed by atoms with E-state index in [-0.39, 0.29) is 17.4 Å². The van der Waals surface area contributed by atoms with Gasteiger partial charge in [-0.15, -0.1) is 8.78 Å². The van der Waals surface area contributed by atoms with Crippen molar-refractivity contribution in [2.75, 3.05) is 5.32 Å². The standard InChI is InChI=1S/C26H19F2N3O4/c1-15-2-8-19(13-20(15)16-3-5-17(6-4-16)23(32)30-14-29)31-24(33)25(10-11-25)18-7-9-21-22(12-18)35-26(27,28)34-21/h2-9,12-13H,10-11H2,1H3,(H,30,32)(H,31,33). The number of amides is 2. The van der Waals surface area contributed by atoms with Gasteiger partial charge in [0.05, 0.1) is 5.41 Å². The summed E-state index contributed by atoms with van der Waals surface area (Å²) in [5, 5.41) is 13.6. The minimum absolute atomic E-state index is 0.0609. The average molecular weight is 475 g/mol. The van der Waals surface area contributed by atoms with Crippen LogP contribution in [0.5, 0.6) is 11.5 Å². The number of nitrogens with one attached hydrogen (secondary N) is 2. The summed E-state index contributed by atoms with van der Waals surface area (Å²) in [6.45, 7) is 1.93. The van der Waals surface area contributed by atoms with Gasteiger partial charge in [-0.05, 0) is 78.4 Å². The molecule has 0 saturated heterocycles. The van der Waals surface area contributed by atoms with Gasteiger partial charge in [0, 0.05) is 11.3 Å². The molecule has 0 spiro atoms. The number of anilines is 1. The van der Waals surface area contributed by atoms with Crippen molar-refractivity contribution in [2.45, 2.75) is 31.5 Å². The van der Waals surface area contributed by atoms with E-state index in [9.17, 15) is 18.4 Å². The fraction of sp³-hybridized carbons (Fsp3) is 0.192. The van der Waals surface area contributed by atoms with Gasteiger partial charge >= 0.3 is 6.29 Å². The lowest BCUT2D eigenvalue weighted by Gasteiger charge is -2.17. The lowest BCUT2D eigenvalue weighted by Crippen LogP contribution is -2.28. The summed E-state index contributed by atoms with van der Waals surface area (Å²) in [5.74, 6) is -0.870. The predicted octanol–water partition coefficient (Wildman–Crippen LogP) is 4.86. The Morgan fingerprint density at radius 3 is 2.37 bits per heavy atom. The molecule has 0 aromatic heterocycles. The average Bonchev–Trinajstić information content (AvgIpc) is 3.57. The van der Waals surface area contributed by atoms with Crippen LogP contribution in [0.3, 0.4) is 0 Å². The Morgan fingerprint density at radius 2 is 1.69 bits per heavy atom. The quantitative estimate of drug-likeness (QED) is 0.405.